The SMILES string of the molecule is CC1CNc2cc(CN3CCOCC3)ccc2O1. The fourth-order valence-corrected chi connectivity index (χ4v) is 2.45. The van der Waals surface area contributed by atoms with Crippen LogP contribution in [0.15, 0.2) is 18.2 Å². The van der Waals surface area contributed by atoms with E-state index in [1.165, 1.54) is 5.56 Å². The molecule has 0 aromatic heterocycles. The molecule has 3 rings (SSSR count). The Labute approximate surface area is 108 Å². The number of rotatable bonds is 2. The molecule has 4 heteroatoms. The molecule has 2 aliphatic rings. The summed E-state index contributed by atoms with van der Waals surface area (Å²) in [5.74, 6) is 0.972. The molecule has 1 aromatic rings. The van der Waals surface area contributed by atoms with Gasteiger partial charge in [-0.1, -0.05) is 6.07 Å². The van der Waals surface area contributed by atoms with Crippen LogP contribution in [-0.4, -0.2) is 43.9 Å². The van der Waals surface area contributed by atoms with Gasteiger partial charge in [0.15, 0.2) is 0 Å². The highest BCUT2D eigenvalue weighted by atomic mass is 16.5. The van der Waals surface area contributed by atoms with E-state index in [-0.39, 0.29) is 6.10 Å². The zero-order valence-corrected chi connectivity index (χ0v) is 10.8. The lowest BCUT2D eigenvalue weighted by molar-refractivity contribution is 0.0342. The minimum Gasteiger partial charge on any atom is -0.487 e. The highest BCUT2D eigenvalue weighted by Crippen LogP contribution is 2.30. The molecule has 0 spiro atoms. The van der Waals surface area contributed by atoms with Gasteiger partial charge in [-0.15, -0.1) is 0 Å². The molecule has 1 N–H and O–H groups in total. The molecule has 2 aliphatic heterocycles. The molecule has 0 aliphatic carbocycles. The van der Waals surface area contributed by atoms with E-state index in [4.69, 9.17) is 9.47 Å². The summed E-state index contributed by atoms with van der Waals surface area (Å²) in [6, 6.07) is 6.44. The number of morpholine rings is 1. The number of ether oxygens (including phenoxy) is 2. The Morgan fingerprint density at radius 1 is 1.33 bits per heavy atom. The van der Waals surface area contributed by atoms with Crippen LogP contribution in [0.3, 0.4) is 0 Å². The van der Waals surface area contributed by atoms with E-state index in [9.17, 15) is 0 Å². The van der Waals surface area contributed by atoms with Crippen molar-refractivity contribution in [1.82, 2.24) is 4.90 Å². The van der Waals surface area contributed by atoms with Gasteiger partial charge in [0.25, 0.3) is 0 Å². The standard InChI is InChI=1S/C14H20N2O2/c1-11-9-15-13-8-12(2-3-14(13)18-11)10-16-4-6-17-7-5-16/h2-3,8,11,15H,4-7,9-10H2,1H3. The third kappa shape index (κ3) is 2.60. The zero-order valence-electron chi connectivity index (χ0n) is 10.8. The zero-order chi connectivity index (χ0) is 12.4. The predicted octanol–water partition coefficient (Wildman–Crippen LogP) is 1.71. The van der Waals surface area contributed by atoms with Crippen LogP contribution in [0, 0.1) is 0 Å². The fourth-order valence-electron chi connectivity index (χ4n) is 2.45. The van der Waals surface area contributed by atoms with Crippen LogP contribution in [0.4, 0.5) is 5.69 Å². The third-order valence-electron chi connectivity index (χ3n) is 3.46. The summed E-state index contributed by atoms with van der Waals surface area (Å²) < 4.78 is 11.1. The molecule has 0 saturated carbocycles. The molecular weight excluding hydrogens is 228 g/mol. The van der Waals surface area contributed by atoms with Gasteiger partial charge in [-0.25, -0.2) is 0 Å². The first kappa shape index (κ1) is 11.8. The number of benzene rings is 1. The van der Waals surface area contributed by atoms with Crippen molar-refractivity contribution in [3.8, 4) is 5.75 Å². The number of anilines is 1. The van der Waals surface area contributed by atoms with Crippen LogP contribution < -0.4 is 10.1 Å². The van der Waals surface area contributed by atoms with Gasteiger partial charge in [0.1, 0.15) is 11.9 Å². The Balaban J connectivity index is 1.69. The van der Waals surface area contributed by atoms with Crippen molar-refractivity contribution in [2.24, 2.45) is 0 Å². The summed E-state index contributed by atoms with van der Waals surface area (Å²) >= 11 is 0. The van der Waals surface area contributed by atoms with Crippen molar-refractivity contribution in [1.29, 1.82) is 0 Å². The lowest BCUT2D eigenvalue weighted by Crippen LogP contribution is -2.35. The first-order chi connectivity index (χ1) is 8.81. The molecule has 1 aromatic carbocycles. The van der Waals surface area contributed by atoms with E-state index in [1.54, 1.807) is 0 Å². The van der Waals surface area contributed by atoms with Crippen molar-refractivity contribution in [3.05, 3.63) is 23.8 Å². The van der Waals surface area contributed by atoms with Crippen LogP contribution in [0.2, 0.25) is 0 Å². The highest BCUT2D eigenvalue weighted by Gasteiger charge is 2.16. The Morgan fingerprint density at radius 3 is 3.00 bits per heavy atom. The first-order valence-electron chi connectivity index (χ1n) is 6.65. The van der Waals surface area contributed by atoms with Gasteiger partial charge in [-0.3, -0.25) is 4.90 Å². The molecule has 1 saturated heterocycles. The summed E-state index contributed by atoms with van der Waals surface area (Å²) in [5, 5.41) is 3.42. The summed E-state index contributed by atoms with van der Waals surface area (Å²) in [5.41, 5.74) is 2.46. The molecule has 1 fully saturated rings. The molecule has 4 nitrogen and oxygen atoms in total. The van der Waals surface area contributed by atoms with Gasteiger partial charge in [-0.2, -0.15) is 0 Å². The van der Waals surface area contributed by atoms with Crippen LogP contribution >= 0.6 is 0 Å². The maximum atomic E-state index is 5.78. The quantitative estimate of drug-likeness (QED) is 0.864. The molecule has 0 radical (unpaired) electrons. The number of nitrogens with one attached hydrogen (secondary N) is 1. The largest absolute Gasteiger partial charge is 0.487 e. The Morgan fingerprint density at radius 2 is 2.17 bits per heavy atom. The Kier molecular flexibility index (Phi) is 3.39. The molecule has 18 heavy (non-hydrogen) atoms. The molecule has 0 bridgehead atoms. The van der Waals surface area contributed by atoms with Gasteiger partial charge < -0.3 is 14.8 Å². The average Bonchev–Trinajstić information content (AvgIpc) is 2.40. The summed E-state index contributed by atoms with van der Waals surface area (Å²) in [4.78, 5) is 2.43. The van der Waals surface area contributed by atoms with Gasteiger partial charge >= 0.3 is 0 Å². The lowest BCUT2D eigenvalue weighted by Gasteiger charge is -2.28. The third-order valence-corrected chi connectivity index (χ3v) is 3.46. The minimum absolute atomic E-state index is 0.252. The van der Waals surface area contributed by atoms with Crippen LogP contribution in [-0.2, 0) is 11.3 Å². The highest BCUT2D eigenvalue weighted by molar-refractivity contribution is 5.59. The Bertz CT molecular complexity index is 416. The molecule has 98 valence electrons. The predicted molar refractivity (Wildman–Crippen MR) is 71.1 cm³/mol. The first-order valence-corrected chi connectivity index (χ1v) is 6.65. The number of hydrogen-bond acceptors (Lipinski definition) is 4. The second kappa shape index (κ2) is 5.16. The molecule has 2 heterocycles. The average molecular weight is 248 g/mol. The second-order valence-corrected chi connectivity index (χ2v) is 5.03. The fraction of sp³-hybridized carbons (Fsp3) is 0.571. The summed E-state index contributed by atoms with van der Waals surface area (Å²) in [7, 11) is 0. The van der Waals surface area contributed by atoms with Gasteiger partial charge in [0, 0.05) is 19.6 Å². The summed E-state index contributed by atoms with van der Waals surface area (Å²) in [6.45, 7) is 7.71. The van der Waals surface area contributed by atoms with Gasteiger partial charge in [-0.05, 0) is 24.6 Å². The molecule has 1 unspecified atom stereocenters. The number of hydrogen-bond donors (Lipinski definition) is 1. The minimum atomic E-state index is 0.252. The van der Waals surface area contributed by atoms with Gasteiger partial charge in [0.2, 0.25) is 0 Å². The smallest absolute Gasteiger partial charge is 0.142 e. The van der Waals surface area contributed by atoms with Crippen molar-refractivity contribution < 1.29 is 9.47 Å². The monoisotopic (exact) mass is 248 g/mol. The summed E-state index contributed by atoms with van der Waals surface area (Å²) in [6.07, 6.45) is 0.252. The van der Waals surface area contributed by atoms with Gasteiger partial charge in [0.05, 0.1) is 25.4 Å². The van der Waals surface area contributed by atoms with Crippen LogP contribution in [0.1, 0.15) is 12.5 Å². The second-order valence-electron chi connectivity index (χ2n) is 5.03. The molecule has 0 amide bonds. The topological polar surface area (TPSA) is 33.7 Å². The van der Waals surface area contributed by atoms with E-state index in [0.29, 0.717) is 0 Å². The van der Waals surface area contributed by atoms with Crippen molar-refractivity contribution in [3.63, 3.8) is 0 Å². The lowest BCUT2D eigenvalue weighted by atomic mass is 10.1. The van der Waals surface area contributed by atoms with Crippen LogP contribution in [0.5, 0.6) is 5.75 Å². The van der Waals surface area contributed by atoms with Crippen molar-refractivity contribution in [2.45, 2.75) is 19.6 Å². The number of fused-ring (bicyclic) bond motifs is 1. The van der Waals surface area contributed by atoms with E-state index < -0.39 is 0 Å². The maximum Gasteiger partial charge on any atom is 0.142 e. The number of nitrogens with zero attached hydrogens (tertiary/aromatic N) is 1. The van der Waals surface area contributed by atoms with E-state index in [2.05, 4.69) is 35.3 Å². The Hall–Kier alpha value is -1.26. The normalized spacial score (nSPS) is 23.9. The van der Waals surface area contributed by atoms with E-state index in [0.717, 1.165) is 50.8 Å². The van der Waals surface area contributed by atoms with Crippen molar-refractivity contribution >= 4 is 5.69 Å². The van der Waals surface area contributed by atoms with E-state index in [1.807, 2.05) is 0 Å². The van der Waals surface area contributed by atoms with Crippen molar-refractivity contribution in [2.75, 3.05) is 38.2 Å². The molecular formula is C14H20N2O2. The molecule has 1 atom stereocenters. The maximum absolute atomic E-state index is 5.78. The van der Waals surface area contributed by atoms with E-state index >= 15 is 0 Å². The van der Waals surface area contributed by atoms with Crippen LogP contribution in [0.25, 0.3) is 0 Å².